The van der Waals surface area contributed by atoms with Crippen LogP contribution in [0.2, 0.25) is 0 Å². The molecule has 1 amide bonds. The second-order valence-corrected chi connectivity index (χ2v) is 5.54. The number of rotatable bonds is 5. The summed E-state index contributed by atoms with van der Waals surface area (Å²) in [7, 11) is 0. The van der Waals surface area contributed by atoms with Crippen LogP contribution >= 0.6 is 0 Å². The van der Waals surface area contributed by atoms with Crippen LogP contribution < -0.4 is 5.32 Å². The average molecular weight is 322 g/mol. The van der Waals surface area contributed by atoms with Gasteiger partial charge in [0.15, 0.2) is 5.82 Å². The minimum Gasteiger partial charge on any atom is -0.351 e. The van der Waals surface area contributed by atoms with Gasteiger partial charge < -0.3 is 9.84 Å². The largest absolute Gasteiger partial charge is 0.351 e. The number of benzene rings is 1. The van der Waals surface area contributed by atoms with Crippen LogP contribution in [0.3, 0.4) is 0 Å². The van der Waals surface area contributed by atoms with Crippen molar-refractivity contribution in [1.82, 2.24) is 20.4 Å². The molecule has 0 spiro atoms. The lowest BCUT2D eigenvalue weighted by Gasteiger charge is -2.05. The number of aromatic nitrogens is 3. The Morgan fingerprint density at radius 3 is 2.75 bits per heavy atom. The summed E-state index contributed by atoms with van der Waals surface area (Å²) in [5.74, 6) is 0.933. The smallest absolute Gasteiger partial charge is 0.252 e. The summed E-state index contributed by atoms with van der Waals surface area (Å²) in [5, 5.41) is 6.53. The van der Waals surface area contributed by atoms with E-state index in [9.17, 15) is 4.79 Å². The molecule has 1 N–H and O–H groups in total. The van der Waals surface area contributed by atoms with Gasteiger partial charge in [-0.2, -0.15) is 4.98 Å². The number of hydrogen-bond acceptors (Lipinski definition) is 5. The Balaban J connectivity index is 1.59. The van der Waals surface area contributed by atoms with E-state index in [-0.39, 0.29) is 5.91 Å². The number of aryl methyl sites for hydroxylation is 2. The van der Waals surface area contributed by atoms with Crippen LogP contribution in [0.5, 0.6) is 0 Å². The zero-order valence-corrected chi connectivity index (χ0v) is 13.6. The number of carbonyl (C=O) groups is 1. The molecular formula is C18H18N4O2. The van der Waals surface area contributed by atoms with E-state index in [1.165, 1.54) is 5.56 Å². The third kappa shape index (κ3) is 3.84. The Morgan fingerprint density at radius 2 is 2.08 bits per heavy atom. The normalized spacial score (nSPS) is 10.6. The van der Waals surface area contributed by atoms with Crippen molar-refractivity contribution < 1.29 is 9.32 Å². The molecule has 0 saturated heterocycles. The highest BCUT2D eigenvalue weighted by atomic mass is 16.5. The fourth-order valence-corrected chi connectivity index (χ4v) is 2.33. The van der Waals surface area contributed by atoms with E-state index in [0.29, 0.717) is 30.2 Å². The second-order valence-electron chi connectivity index (χ2n) is 5.54. The van der Waals surface area contributed by atoms with Crippen molar-refractivity contribution in [1.29, 1.82) is 0 Å². The lowest BCUT2D eigenvalue weighted by molar-refractivity contribution is 0.0953. The summed E-state index contributed by atoms with van der Waals surface area (Å²) in [5.41, 5.74) is 3.57. The van der Waals surface area contributed by atoms with Crippen LogP contribution in [0.25, 0.3) is 11.3 Å². The highest BCUT2D eigenvalue weighted by Crippen LogP contribution is 2.18. The Morgan fingerprint density at radius 1 is 1.21 bits per heavy atom. The van der Waals surface area contributed by atoms with Crippen molar-refractivity contribution in [2.24, 2.45) is 0 Å². The fourth-order valence-electron chi connectivity index (χ4n) is 2.33. The van der Waals surface area contributed by atoms with Gasteiger partial charge in [0, 0.05) is 24.7 Å². The Kier molecular flexibility index (Phi) is 4.65. The van der Waals surface area contributed by atoms with Gasteiger partial charge in [-0.25, -0.2) is 0 Å². The predicted molar refractivity (Wildman–Crippen MR) is 89.5 cm³/mol. The topological polar surface area (TPSA) is 80.9 Å². The molecule has 122 valence electrons. The molecule has 2 heterocycles. The summed E-state index contributed by atoms with van der Waals surface area (Å²) >= 11 is 0. The molecule has 2 aromatic heterocycles. The molecule has 0 radical (unpaired) electrons. The number of amides is 1. The molecule has 6 heteroatoms. The molecule has 0 aliphatic carbocycles. The molecule has 0 saturated carbocycles. The lowest BCUT2D eigenvalue weighted by atomic mass is 10.1. The van der Waals surface area contributed by atoms with Gasteiger partial charge in [0.25, 0.3) is 5.91 Å². The molecule has 3 rings (SSSR count). The van der Waals surface area contributed by atoms with Crippen molar-refractivity contribution in [3.8, 4) is 11.3 Å². The summed E-state index contributed by atoms with van der Waals surface area (Å²) in [6.45, 7) is 4.23. The van der Waals surface area contributed by atoms with E-state index < -0.39 is 0 Å². The van der Waals surface area contributed by atoms with Crippen LogP contribution in [0.4, 0.5) is 0 Å². The van der Waals surface area contributed by atoms with Crippen LogP contribution in [-0.2, 0) is 6.42 Å². The van der Waals surface area contributed by atoms with Crippen molar-refractivity contribution in [3.05, 3.63) is 65.4 Å². The van der Waals surface area contributed by atoms with E-state index in [1.807, 2.05) is 31.2 Å². The number of pyridine rings is 1. The Labute approximate surface area is 139 Å². The van der Waals surface area contributed by atoms with E-state index in [0.717, 1.165) is 11.3 Å². The third-order valence-electron chi connectivity index (χ3n) is 3.53. The molecule has 3 aromatic rings. The summed E-state index contributed by atoms with van der Waals surface area (Å²) < 4.78 is 5.00. The van der Waals surface area contributed by atoms with E-state index in [1.54, 1.807) is 19.2 Å². The van der Waals surface area contributed by atoms with Gasteiger partial charge in [-0.15, -0.1) is 0 Å². The van der Waals surface area contributed by atoms with Crippen LogP contribution in [0, 0.1) is 13.8 Å². The molecule has 24 heavy (non-hydrogen) atoms. The minimum atomic E-state index is -0.172. The van der Waals surface area contributed by atoms with Gasteiger partial charge >= 0.3 is 0 Å². The number of carbonyl (C=O) groups excluding carboxylic acids is 1. The standard InChI is InChI=1S/C18H18N4O2/c1-12-4-3-5-14(10-12)16-7-6-15(11-20-16)18(23)19-9-8-17-21-13(2)22-24-17/h3-7,10-11H,8-9H2,1-2H3,(H,19,23). The zero-order chi connectivity index (χ0) is 16.9. The molecule has 0 unspecified atom stereocenters. The first-order chi connectivity index (χ1) is 11.6. The van der Waals surface area contributed by atoms with E-state index in [2.05, 4.69) is 26.5 Å². The maximum atomic E-state index is 12.1. The summed E-state index contributed by atoms with van der Waals surface area (Å²) in [6.07, 6.45) is 2.09. The van der Waals surface area contributed by atoms with Gasteiger partial charge in [0.2, 0.25) is 5.89 Å². The van der Waals surface area contributed by atoms with Crippen LogP contribution in [0.15, 0.2) is 47.1 Å². The Hall–Kier alpha value is -3.02. The molecule has 0 fully saturated rings. The van der Waals surface area contributed by atoms with Crippen molar-refractivity contribution >= 4 is 5.91 Å². The zero-order valence-electron chi connectivity index (χ0n) is 13.6. The molecule has 0 atom stereocenters. The quantitative estimate of drug-likeness (QED) is 0.781. The monoisotopic (exact) mass is 322 g/mol. The average Bonchev–Trinajstić information content (AvgIpc) is 3.00. The minimum absolute atomic E-state index is 0.172. The predicted octanol–water partition coefficient (Wildman–Crippen LogP) is 2.72. The molecule has 0 aliphatic rings. The van der Waals surface area contributed by atoms with Crippen molar-refractivity contribution in [2.45, 2.75) is 20.3 Å². The maximum absolute atomic E-state index is 12.1. The molecule has 0 bridgehead atoms. The number of nitrogens with zero attached hydrogens (tertiary/aromatic N) is 3. The van der Waals surface area contributed by atoms with Gasteiger partial charge in [-0.3, -0.25) is 9.78 Å². The van der Waals surface area contributed by atoms with Crippen molar-refractivity contribution in [2.75, 3.05) is 6.54 Å². The first kappa shape index (κ1) is 15.9. The highest BCUT2D eigenvalue weighted by Gasteiger charge is 2.08. The number of hydrogen-bond donors (Lipinski definition) is 1. The maximum Gasteiger partial charge on any atom is 0.252 e. The van der Waals surface area contributed by atoms with Gasteiger partial charge in [-0.1, -0.05) is 28.9 Å². The fraction of sp³-hybridized carbons (Fsp3) is 0.222. The summed E-state index contributed by atoms with van der Waals surface area (Å²) in [6, 6.07) is 11.7. The second kappa shape index (κ2) is 7.04. The molecule has 6 nitrogen and oxygen atoms in total. The summed E-state index contributed by atoms with van der Waals surface area (Å²) in [4.78, 5) is 20.6. The van der Waals surface area contributed by atoms with E-state index >= 15 is 0 Å². The first-order valence-electron chi connectivity index (χ1n) is 7.72. The SMILES string of the molecule is Cc1cccc(-c2ccc(C(=O)NCCc3nc(C)no3)cn2)c1. The molecular weight excluding hydrogens is 304 g/mol. The van der Waals surface area contributed by atoms with Gasteiger partial charge in [0.05, 0.1) is 11.3 Å². The van der Waals surface area contributed by atoms with Crippen molar-refractivity contribution in [3.63, 3.8) is 0 Å². The van der Waals surface area contributed by atoms with Gasteiger partial charge in [0.1, 0.15) is 0 Å². The molecule has 1 aromatic carbocycles. The Bertz CT molecular complexity index is 840. The van der Waals surface area contributed by atoms with Crippen LogP contribution in [-0.4, -0.2) is 27.6 Å². The first-order valence-corrected chi connectivity index (χ1v) is 7.72. The van der Waals surface area contributed by atoms with Gasteiger partial charge in [-0.05, 0) is 32.0 Å². The third-order valence-corrected chi connectivity index (χ3v) is 3.53. The van der Waals surface area contributed by atoms with E-state index in [4.69, 9.17) is 4.52 Å². The highest BCUT2D eigenvalue weighted by molar-refractivity contribution is 5.94. The lowest BCUT2D eigenvalue weighted by Crippen LogP contribution is -2.25. The van der Waals surface area contributed by atoms with Crippen LogP contribution in [0.1, 0.15) is 27.6 Å². The number of nitrogens with one attached hydrogen (secondary N) is 1. The molecule has 0 aliphatic heterocycles.